The number of pyridine rings is 1. The van der Waals surface area contributed by atoms with Gasteiger partial charge in [-0.25, -0.2) is 0 Å². The molecule has 0 radical (unpaired) electrons. The Bertz CT molecular complexity index is 586. The molecule has 0 fully saturated rings. The van der Waals surface area contributed by atoms with Crippen LogP contribution in [-0.4, -0.2) is 4.98 Å². The van der Waals surface area contributed by atoms with Crippen molar-refractivity contribution >= 4 is 39.1 Å². The van der Waals surface area contributed by atoms with Gasteiger partial charge in [0.15, 0.2) is 0 Å². The predicted molar refractivity (Wildman–Crippen MR) is 75.6 cm³/mol. The summed E-state index contributed by atoms with van der Waals surface area (Å²) in [7, 11) is 0. The maximum absolute atomic E-state index is 5.57. The Morgan fingerprint density at radius 2 is 2.12 bits per heavy atom. The second-order valence-corrected chi connectivity index (χ2v) is 5.32. The molecule has 0 aliphatic carbocycles. The summed E-state index contributed by atoms with van der Waals surface area (Å²) in [4.78, 5) is 3.42. The van der Waals surface area contributed by atoms with E-state index in [1.807, 2.05) is 6.07 Å². The number of hydrogen-bond acceptors (Lipinski definition) is 1. The molecule has 0 saturated carbocycles. The molecule has 1 aromatic heterocycles. The van der Waals surface area contributed by atoms with Crippen LogP contribution in [0, 0.1) is 11.4 Å². The van der Waals surface area contributed by atoms with E-state index in [1.54, 1.807) is 0 Å². The summed E-state index contributed by atoms with van der Waals surface area (Å²) in [5, 5.41) is 1.14. The lowest BCUT2D eigenvalue weighted by Gasteiger charge is -2.09. The lowest BCUT2D eigenvalue weighted by atomic mass is 10.1. The topological polar surface area (TPSA) is 15.8 Å². The fraction of sp³-hybridized carbons (Fsp3) is 0.308. The van der Waals surface area contributed by atoms with Gasteiger partial charge in [-0.05, 0) is 37.1 Å². The van der Waals surface area contributed by atoms with Crippen molar-refractivity contribution in [3.05, 3.63) is 38.4 Å². The molecule has 0 amide bonds. The minimum Gasteiger partial charge on any atom is -0.358 e. The molecule has 2 aromatic rings. The van der Waals surface area contributed by atoms with Gasteiger partial charge in [-0.3, -0.25) is 0 Å². The zero-order valence-electron chi connectivity index (χ0n) is 9.43. The van der Waals surface area contributed by atoms with Crippen molar-refractivity contribution in [2.24, 2.45) is 0 Å². The van der Waals surface area contributed by atoms with Gasteiger partial charge in [-0.2, -0.15) is 0 Å². The summed E-state index contributed by atoms with van der Waals surface area (Å²) in [6, 6.07) is 6.19. The summed E-state index contributed by atoms with van der Waals surface area (Å²) < 4.78 is 2.07. The Morgan fingerprint density at radius 1 is 1.38 bits per heavy atom. The van der Waals surface area contributed by atoms with Gasteiger partial charge in [0.25, 0.3) is 0 Å². The van der Waals surface area contributed by atoms with Crippen molar-refractivity contribution < 1.29 is 0 Å². The Labute approximate surface area is 109 Å². The van der Waals surface area contributed by atoms with Crippen LogP contribution >= 0.6 is 28.1 Å². The lowest BCUT2D eigenvalue weighted by molar-refractivity contribution is 0.901. The molecule has 0 unspecified atom stereocenters. The zero-order valence-corrected chi connectivity index (χ0v) is 11.8. The van der Waals surface area contributed by atoms with E-state index in [0.29, 0.717) is 0 Å². The Hall–Kier alpha value is -0.670. The molecule has 2 rings (SSSR count). The quantitative estimate of drug-likeness (QED) is 0.778. The first-order valence-corrected chi connectivity index (χ1v) is 6.64. The standard InChI is InChI=1S/C13H14BrNS/c1-3-4-10-8(2)15-12-6-5-9(14)7-11(12)13(10)16/h5-7H,3-4H2,1-2H3,(H,15,16). The van der Waals surface area contributed by atoms with E-state index in [-0.39, 0.29) is 0 Å². The van der Waals surface area contributed by atoms with Gasteiger partial charge in [0.05, 0.1) is 4.51 Å². The van der Waals surface area contributed by atoms with Crippen LogP contribution in [0.1, 0.15) is 24.6 Å². The molecule has 0 aliphatic heterocycles. The highest BCUT2D eigenvalue weighted by Gasteiger charge is 2.05. The summed E-state index contributed by atoms with van der Waals surface area (Å²) >= 11 is 9.05. The average Bonchev–Trinajstić information content (AvgIpc) is 2.26. The van der Waals surface area contributed by atoms with Crippen molar-refractivity contribution in [2.75, 3.05) is 0 Å². The highest BCUT2D eigenvalue weighted by Crippen LogP contribution is 2.23. The summed E-state index contributed by atoms with van der Waals surface area (Å²) in [5.74, 6) is 0. The number of fused-ring (bicyclic) bond motifs is 1. The maximum Gasteiger partial charge on any atom is 0.0519 e. The van der Waals surface area contributed by atoms with E-state index in [2.05, 4.69) is 46.9 Å². The van der Waals surface area contributed by atoms with Crippen LogP contribution in [0.4, 0.5) is 0 Å². The molecule has 0 spiro atoms. The number of nitrogens with one attached hydrogen (secondary N) is 1. The second kappa shape index (κ2) is 4.68. The first-order valence-electron chi connectivity index (χ1n) is 5.44. The highest BCUT2D eigenvalue weighted by molar-refractivity contribution is 9.10. The summed E-state index contributed by atoms with van der Waals surface area (Å²) in [6.45, 7) is 4.28. The number of aryl methyl sites for hydroxylation is 1. The zero-order chi connectivity index (χ0) is 11.7. The van der Waals surface area contributed by atoms with Crippen LogP contribution in [0.2, 0.25) is 0 Å². The molecule has 1 heterocycles. The van der Waals surface area contributed by atoms with Crippen molar-refractivity contribution in [1.82, 2.24) is 4.98 Å². The Balaban J connectivity index is 2.80. The van der Waals surface area contributed by atoms with Gasteiger partial charge >= 0.3 is 0 Å². The highest BCUT2D eigenvalue weighted by atomic mass is 79.9. The third-order valence-corrected chi connectivity index (χ3v) is 3.73. The summed E-state index contributed by atoms with van der Waals surface area (Å²) in [6.07, 6.45) is 2.17. The van der Waals surface area contributed by atoms with Gasteiger partial charge in [-0.1, -0.05) is 41.5 Å². The molecule has 0 aliphatic rings. The van der Waals surface area contributed by atoms with Crippen molar-refractivity contribution in [3.8, 4) is 0 Å². The van der Waals surface area contributed by atoms with E-state index >= 15 is 0 Å². The maximum atomic E-state index is 5.57. The minimum absolute atomic E-state index is 0.995. The van der Waals surface area contributed by atoms with Crippen LogP contribution in [0.25, 0.3) is 10.9 Å². The summed E-state index contributed by atoms with van der Waals surface area (Å²) in [5.41, 5.74) is 3.59. The van der Waals surface area contributed by atoms with Crippen LogP contribution in [0.15, 0.2) is 22.7 Å². The molecule has 84 valence electrons. The third-order valence-electron chi connectivity index (χ3n) is 2.78. The fourth-order valence-corrected chi connectivity index (χ4v) is 2.76. The molecule has 0 bridgehead atoms. The Kier molecular flexibility index (Phi) is 3.45. The molecule has 1 nitrogen and oxygen atoms in total. The molecule has 1 aromatic carbocycles. The Morgan fingerprint density at radius 3 is 2.81 bits per heavy atom. The number of benzene rings is 1. The molecule has 16 heavy (non-hydrogen) atoms. The van der Waals surface area contributed by atoms with E-state index in [0.717, 1.165) is 32.7 Å². The van der Waals surface area contributed by atoms with Gasteiger partial charge in [0.1, 0.15) is 0 Å². The minimum atomic E-state index is 0.995. The van der Waals surface area contributed by atoms with Gasteiger partial charge in [0, 0.05) is 21.1 Å². The van der Waals surface area contributed by atoms with Crippen molar-refractivity contribution in [3.63, 3.8) is 0 Å². The first-order chi connectivity index (χ1) is 7.63. The molecule has 3 heteroatoms. The number of halogens is 1. The number of aromatic amines is 1. The number of H-pyrrole nitrogens is 1. The lowest BCUT2D eigenvalue weighted by Crippen LogP contribution is -1.95. The number of rotatable bonds is 2. The third kappa shape index (κ3) is 2.06. The van der Waals surface area contributed by atoms with Crippen LogP contribution < -0.4 is 0 Å². The number of hydrogen-bond donors (Lipinski definition) is 1. The first kappa shape index (κ1) is 11.8. The van der Waals surface area contributed by atoms with Crippen molar-refractivity contribution in [2.45, 2.75) is 26.7 Å². The normalized spacial score (nSPS) is 10.9. The van der Waals surface area contributed by atoms with Crippen molar-refractivity contribution in [1.29, 1.82) is 0 Å². The van der Waals surface area contributed by atoms with Gasteiger partial charge < -0.3 is 4.98 Å². The number of aromatic nitrogens is 1. The van der Waals surface area contributed by atoms with E-state index in [9.17, 15) is 0 Å². The van der Waals surface area contributed by atoms with Gasteiger partial charge in [-0.15, -0.1) is 0 Å². The molecule has 1 N–H and O–H groups in total. The SMILES string of the molecule is CCCc1c(C)[nH]c2ccc(Br)cc2c1=S. The van der Waals surface area contributed by atoms with E-state index < -0.39 is 0 Å². The molecular formula is C13H14BrNS. The molecule has 0 saturated heterocycles. The average molecular weight is 296 g/mol. The fourth-order valence-electron chi connectivity index (χ4n) is 1.97. The van der Waals surface area contributed by atoms with Crippen LogP contribution in [0.3, 0.4) is 0 Å². The molecule has 0 atom stereocenters. The second-order valence-electron chi connectivity index (χ2n) is 4.00. The predicted octanol–water partition coefficient (Wildman–Crippen LogP) is 4.92. The molecular weight excluding hydrogens is 282 g/mol. The van der Waals surface area contributed by atoms with E-state index in [1.165, 1.54) is 11.3 Å². The van der Waals surface area contributed by atoms with Gasteiger partial charge in [0.2, 0.25) is 0 Å². The van der Waals surface area contributed by atoms with Crippen LogP contribution in [-0.2, 0) is 6.42 Å². The largest absolute Gasteiger partial charge is 0.358 e. The van der Waals surface area contributed by atoms with Crippen LogP contribution in [0.5, 0.6) is 0 Å². The monoisotopic (exact) mass is 295 g/mol. The smallest absolute Gasteiger partial charge is 0.0519 e. The van der Waals surface area contributed by atoms with E-state index in [4.69, 9.17) is 12.2 Å².